The van der Waals surface area contributed by atoms with Gasteiger partial charge in [0.15, 0.2) is 0 Å². The number of carbonyl (C=O) groups excluding carboxylic acids is 1. The van der Waals surface area contributed by atoms with E-state index in [0.29, 0.717) is 5.56 Å². The quantitative estimate of drug-likeness (QED) is 0.744. The summed E-state index contributed by atoms with van der Waals surface area (Å²) in [6.45, 7) is 3.48. The number of carbonyl (C=O) groups is 1. The Bertz CT molecular complexity index is 564. The van der Waals surface area contributed by atoms with Crippen LogP contribution >= 0.6 is 0 Å². The molecule has 1 heterocycles. The Labute approximate surface area is 98.3 Å². The zero-order valence-electron chi connectivity index (χ0n) is 9.57. The molecular weight excluding hydrogens is 219 g/mol. The van der Waals surface area contributed by atoms with E-state index in [9.17, 15) is 9.18 Å². The lowest BCUT2D eigenvalue weighted by Gasteiger charge is -2.02. The molecular formula is C13H11FN2O. The first kappa shape index (κ1) is 11.4. The van der Waals surface area contributed by atoms with Crippen molar-refractivity contribution in [2.24, 2.45) is 0 Å². The van der Waals surface area contributed by atoms with Gasteiger partial charge >= 0.3 is 0 Å². The van der Waals surface area contributed by atoms with Crippen LogP contribution in [-0.2, 0) is 0 Å². The Morgan fingerprint density at radius 1 is 1.18 bits per heavy atom. The maximum atomic E-state index is 13.3. The predicted molar refractivity (Wildman–Crippen MR) is 61.3 cm³/mol. The topological polar surface area (TPSA) is 42.9 Å². The van der Waals surface area contributed by atoms with Crippen LogP contribution in [0.4, 0.5) is 4.39 Å². The van der Waals surface area contributed by atoms with Crippen molar-refractivity contribution in [3.63, 3.8) is 0 Å². The summed E-state index contributed by atoms with van der Waals surface area (Å²) in [6, 6.07) is 4.35. The van der Waals surface area contributed by atoms with Gasteiger partial charge in [-0.15, -0.1) is 0 Å². The van der Waals surface area contributed by atoms with Crippen molar-refractivity contribution in [3.8, 4) is 0 Å². The van der Waals surface area contributed by atoms with Crippen LogP contribution < -0.4 is 0 Å². The highest BCUT2D eigenvalue weighted by Crippen LogP contribution is 2.12. The van der Waals surface area contributed by atoms with Gasteiger partial charge in [0.1, 0.15) is 5.82 Å². The summed E-state index contributed by atoms with van der Waals surface area (Å²) >= 11 is 0. The summed E-state index contributed by atoms with van der Waals surface area (Å²) in [5.41, 5.74) is 1.64. The van der Waals surface area contributed by atoms with E-state index in [-0.39, 0.29) is 17.2 Å². The molecule has 0 amide bonds. The van der Waals surface area contributed by atoms with Gasteiger partial charge in [0.05, 0.1) is 0 Å². The van der Waals surface area contributed by atoms with Crippen molar-refractivity contribution >= 4 is 5.78 Å². The Balaban J connectivity index is 2.37. The van der Waals surface area contributed by atoms with E-state index in [0.717, 1.165) is 5.56 Å². The lowest BCUT2D eigenvalue weighted by atomic mass is 10.1. The number of hydrogen-bond donors (Lipinski definition) is 0. The first-order valence-electron chi connectivity index (χ1n) is 5.17. The maximum absolute atomic E-state index is 13.3. The van der Waals surface area contributed by atoms with E-state index in [2.05, 4.69) is 9.97 Å². The van der Waals surface area contributed by atoms with E-state index in [4.69, 9.17) is 0 Å². The molecule has 0 atom stereocenters. The van der Waals surface area contributed by atoms with Crippen molar-refractivity contribution < 1.29 is 9.18 Å². The molecule has 0 N–H and O–H groups in total. The third-order valence-electron chi connectivity index (χ3n) is 2.42. The van der Waals surface area contributed by atoms with Gasteiger partial charge < -0.3 is 0 Å². The Morgan fingerprint density at radius 3 is 2.41 bits per heavy atom. The van der Waals surface area contributed by atoms with E-state index in [1.165, 1.54) is 6.07 Å². The van der Waals surface area contributed by atoms with Crippen LogP contribution in [0.1, 0.15) is 27.3 Å². The number of hydrogen-bond acceptors (Lipinski definition) is 3. The van der Waals surface area contributed by atoms with Gasteiger partial charge in [-0.3, -0.25) is 4.79 Å². The Hall–Kier alpha value is -2.10. The zero-order valence-corrected chi connectivity index (χ0v) is 9.57. The minimum atomic E-state index is -0.400. The molecule has 2 rings (SSSR count). The Morgan fingerprint density at radius 2 is 1.82 bits per heavy atom. The molecule has 0 aliphatic heterocycles. The second-order valence-corrected chi connectivity index (χ2v) is 3.88. The van der Waals surface area contributed by atoms with Crippen LogP contribution in [-0.4, -0.2) is 15.8 Å². The second-order valence-electron chi connectivity index (χ2n) is 3.88. The molecule has 0 aliphatic rings. The van der Waals surface area contributed by atoms with Crippen LogP contribution in [0.25, 0.3) is 0 Å². The van der Waals surface area contributed by atoms with Gasteiger partial charge in [0.2, 0.25) is 11.6 Å². The molecule has 86 valence electrons. The fourth-order valence-electron chi connectivity index (χ4n) is 1.37. The number of nitrogens with zero attached hydrogens (tertiary/aromatic N) is 2. The zero-order chi connectivity index (χ0) is 12.4. The summed E-state index contributed by atoms with van der Waals surface area (Å²) in [6.07, 6.45) is 3.12. The van der Waals surface area contributed by atoms with Crippen molar-refractivity contribution in [2.45, 2.75) is 13.8 Å². The smallest absolute Gasteiger partial charge is 0.230 e. The minimum Gasteiger partial charge on any atom is -0.285 e. The highest BCUT2D eigenvalue weighted by atomic mass is 19.1. The molecule has 3 nitrogen and oxygen atoms in total. The van der Waals surface area contributed by atoms with Crippen LogP contribution in [0.3, 0.4) is 0 Å². The fraction of sp³-hybridized carbons (Fsp3) is 0.154. The average molecular weight is 230 g/mol. The highest BCUT2D eigenvalue weighted by Gasteiger charge is 2.13. The minimum absolute atomic E-state index is 0.0823. The SMILES string of the molecule is Cc1cnc(C(=O)c2ccc(C)c(F)c2)nc1. The lowest BCUT2D eigenvalue weighted by molar-refractivity contribution is 0.102. The third kappa shape index (κ3) is 2.36. The molecule has 0 aliphatic carbocycles. The number of halogens is 1. The molecule has 0 saturated carbocycles. The van der Waals surface area contributed by atoms with Crippen LogP contribution in [0.5, 0.6) is 0 Å². The van der Waals surface area contributed by atoms with Gasteiger partial charge in [-0.2, -0.15) is 0 Å². The standard InChI is InChI=1S/C13H11FN2O/c1-8-6-15-13(16-7-8)12(17)10-4-3-9(2)11(14)5-10/h3-7H,1-2H3. The number of aryl methyl sites for hydroxylation is 2. The summed E-state index contributed by atoms with van der Waals surface area (Å²) in [5, 5.41) is 0. The fourth-order valence-corrected chi connectivity index (χ4v) is 1.37. The highest BCUT2D eigenvalue weighted by molar-refractivity contribution is 6.06. The van der Waals surface area contributed by atoms with E-state index < -0.39 is 5.82 Å². The second kappa shape index (κ2) is 4.41. The van der Waals surface area contributed by atoms with E-state index in [1.807, 2.05) is 6.92 Å². The number of benzene rings is 1. The van der Waals surface area contributed by atoms with Crippen LogP contribution in [0, 0.1) is 19.7 Å². The van der Waals surface area contributed by atoms with Gasteiger partial charge in [-0.05, 0) is 31.0 Å². The molecule has 17 heavy (non-hydrogen) atoms. The largest absolute Gasteiger partial charge is 0.285 e. The first-order valence-corrected chi connectivity index (χ1v) is 5.17. The van der Waals surface area contributed by atoms with Gasteiger partial charge in [-0.1, -0.05) is 12.1 Å². The van der Waals surface area contributed by atoms with Crippen molar-refractivity contribution in [1.82, 2.24) is 9.97 Å². The molecule has 4 heteroatoms. The molecule has 1 aromatic carbocycles. The molecule has 1 aromatic heterocycles. The summed E-state index contributed by atoms with van der Waals surface area (Å²) in [4.78, 5) is 19.8. The van der Waals surface area contributed by atoms with Gasteiger partial charge in [0, 0.05) is 18.0 Å². The van der Waals surface area contributed by atoms with Crippen molar-refractivity contribution in [2.75, 3.05) is 0 Å². The van der Waals surface area contributed by atoms with Crippen molar-refractivity contribution in [1.29, 1.82) is 0 Å². The molecule has 0 spiro atoms. The summed E-state index contributed by atoms with van der Waals surface area (Å²) < 4.78 is 13.3. The predicted octanol–water partition coefficient (Wildman–Crippen LogP) is 2.46. The molecule has 0 unspecified atom stereocenters. The number of aromatic nitrogens is 2. The average Bonchev–Trinajstić information content (AvgIpc) is 2.33. The lowest BCUT2D eigenvalue weighted by Crippen LogP contribution is -2.07. The van der Waals surface area contributed by atoms with E-state index >= 15 is 0 Å². The van der Waals surface area contributed by atoms with Crippen molar-refractivity contribution in [3.05, 3.63) is 58.9 Å². The van der Waals surface area contributed by atoms with E-state index in [1.54, 1.807) is 31.5 Å². The molecule has 0 bridgehead atoms. The summed E-state index contributed by atoms with van der Waals surface area (Å²) in [5.74, 6) is -0.689. The first-order chi connectivity index (χ1) is 8.08. The maximum Gasteiger partial charge on any atom is 0.230 e. The van der Waals surface area contributed by atoms with Crippen LogP contribution in [0.15, 0.2) is 30.6 Å². The number of ketones is 1. The Kier molecular flexibility index (Phi) is 2.95. The normalized spacial score (nSPS) is 10.3. The summed E-state index contributed by atoms with van der Waals surface area (Å²) in [7, 11) is 0. The molecule has 0 fully saturated rings. The molecule has 0 radical (unpaired) electrons. The molecule has 0 saturated heterocycles. The van der Waals surface area contributed by atoms with Gasteiger partial charge in [-0.25, -0.2) is 14.4 Å². The molecule has 2 aromatic rings. The number of rotatable bonds is 2. The third-order valence-corrected chi connectivity index (χ3v) is 2.42. The monoisotopic (exact) mass is 230 g/mol. The van der Waals surface area contributed by atoms with Crippen LogP contribution in [0.2, 0.25) is 0 Å². The van der Waals surface area contributed by atoms with Gasteiger partial charge in [0.25, 0.3) is 0 Å².